The Hall–Kier alpha value is -4.68. The fraction of sp³-hybridized carbons (Fsp3) is 0.667. The molecule has 0 atom stereocenters. The van der Waals surface area contributed by atoms with E-state index in [0.29, 0.717) is 37.6 Å². The summed E-state index contributed by atoms with van der Waals surface area (Å²) in [4.78, 5) is 0. The maximum atomic E-state index is 10.1. The number of nitriles is 2. The van der Waals surface area contributed by atoms with E-state index in [1.165, 1.54) is 205 Å². The van der Waals surface area contributed by atoms with Crippen molar-refractivity contribution < 1.29 is 18.9 Å². The van der Waals surface area contributed by atoms with Crippen LogP contribution in [-0.4, -0.2) is 26.4 Å². The maximum absolute atomic E-state index is 10.1. The lowest BCUT2D eigenvalue weighted by atomic mass is 9.90. The van der Waals surface area contributed by atoms with Gasteiger partial charge in [-0.1, -0.05) is 259 Å². The number of hydrogen-bond donors (Lipinski definition) is 0. The predicted molar refractivity (Wildman–Crippen MR) is 335 cm³/mol. The first-order valence-electron chi connectivity index (χ1n) is 32.9. The summed E-state index contributed by atoms with van der Waals surface area (Å²) in [6, 6.07) is 21.7. The van der Waals surface area contributed by atoms with E-state index < -0.39 is 0 Å². The molecule has 0 aliphatic heterocycles. The van der Waals surface area contributed by atoms with Gasteiger partial charge >= 0.3 is 0 Å². The standard InChI is InChI=1S/C72H108N2O4/c1-5-9-13-17-21-25-29-33-37-41-45-75-69-53-65-63-51-59-49-61(57-73)62(58-74)50-60(59)52-64(63)66-54-70(76-46-42-38-34-30-26-22-18-14-10-6-2)72(78-48-44-40-36-32-28-24-20-16-12-8-4)56-68(66)67(65)55-71(69)77-47-43-39-35-31-27-23-19-15-11-7-3/h49-56H,5-48H2,1-4H3. The molecule has 0 aliphatic rings. The summed E-state index contributed by atoms with van der Waals surface area (Å²) < 4.78 is 27.3. The molecule has 5 aromatic carbocycles. The van der Waals surface area contributed by atoms with Crippen molar-refractivity contribution in [2.45, 2.75) is 285 Å². The SMILES string of the molecule is CCCCCCCCCCCCOc1cc2c3cc(OCCCCCCCCCCCC)c(OCCCCCCCCCCCC)cc3c3cc4cc(C#N)c(C#N)cc4cc3c2cc1OCCCCCCCCCCCC. The van der Waals surface area contributed by atoms with Crippen LogP contribution in [0.5, 0.6) is 23.0 Å². The normalized spacial score (nSPS) is 11.5. The van der Waals surface area contributed by atoms with Crippen LogP contribution in [0.15, 0.2) is 48.5 Å². The van der Waals surface area contributed by atoms with Gasteiger partial charge < -0.3 is 18.9 Å². The van der Waals surface area contributed by atoms with Gasteiger partial charge in [0.1, 0.15) is 12.1 Å². The van der Waals surface area contributed by atoms with E-state index in [4.69, 9.17) is 18.9 Å². The number of fused-ring (bicyclic) bond motifs is 7. The monoisotopic (exact) mass is 1060 g/mol. The molecular weight excluding hydrogens is 957 g/mol. The summed E-state index contributed by atoms with van der Waals surface area (Å²) >= 11 is 0. The van der Waals surface area contributed by atoms with Gasteiger partial charge in [0.15, 0.2) is 23.0 Å². The molecule has 6 nitrogen and oxygen atoms in total. The van der Waals surface area contributed by atoms with Crippen molar-refractivity contribution in [2.75, 3.05) is 26.4 Å². The van der Waals surface area contributed by atoms with Gasteiger partial charge in [0.2, 0.25) is 0 Å². The Kier molecular flexibility index (Phi) is 33.3. The molecule has 0 aliphatic carbocycles. The highest BCUT2D eigenvalue weighted by Crippen LogP contribution is 2.46. The fourth-order valence-corrected chi connectivity index (χ4v) is 11.5. The largest absolute Gasteiger partial charge is 0.490 e. The quantitative estimate of drug-likeness (QED) is 0.0219. The Balaban J connectivity index is 1.47. The zero-order valence-corrected chi connectivity index (χ0v) is 50.3. The molecular formula is C72H108N2O4. The minimum atomic E-state index is 0.393. The van der Waals surface area contributed by atoms with Gasteiger partial charge in [-0.05, 0) is 117 Å². The van der Waals surface area contributed by atoms with Crippen molar-refractivity contribution in [1.29, 1.82) is 10.5 Å². The number of rotatable bonds is 48. The molecule has 0 unspecified atom stereocenters. The number of ether oxygens (including phenoxy) is 4. The number of hydrogen-bond acceptors (Lipinski definition) is 6. The van der Waals surface area contributed by atoms with Crippen molar-refractivity contribution in [3.05, 3.63) is 59.7 Å². The second kappa shape index (κ2) is 40.5. The summed E-state index contributed by atoms with van der Waals surface area (Å²) in [6.45, 7) is 11.7. The Morgan fingerprint density at radius 1 is 0.244 bits per heavy atom. The van der Waals surface area contributed by atoms with Crippen LogP contribution in [0.2, 0.25) is 0 Å². The molecule has 5 rings (SSSR count). The molecule has 0 aromatic heterocycles. The highest BCUT2D eigenvalue weighted by Gasteiger charge is 2.20. The highest BCUT2D eigenvalue weighted by atomic mass is 16.5. The molecule has 78 heavy (non-hydrogen) atoms. The van der Waals surface area contributed by atoms with Crippen LogP contribution in [0.25, 0.3) is 43.1 Å². The molecule has 0 N–H and O–H groups in total. The third-order valence-electron chi connectivity index (χ3n) is 16.4. The predicted octanol–water partition coefficient (Wildman–Crippen LogP) is 23.2. The Bertz CT molecular complexity index is 2330. The topological polar surface area (TPSA) is 84.5 Å². The molecule has 0 saturated heterocycles. The summed E-state index contributed by atoms with van der Waals surface area (Å²) in [5, 5.41) is 28.6. The van der Waals surface area contributed by atoms with Crippen molar-refractivity contribution >= 4 is 43.1 Å². The van der Waals surface area contributed by atoms with Crippen LogP contribution in [-0.2, 0) is 0 Å². The van der Waals surface area contributed by atoms with Crippen LogP contribution in [0.3, 0.4) is 0 Å². The molecule has 430 valence electrons. The molecule has 0 bridgehead atoms. The van der Waals surface area contributed by atoms with E-state index in [-0.39, 0.29) is 0 Å². The Labute approximate surface area is 476 Å². The number of benzene rings is 5. The maximum Gasteiger partial charge on any atom is 0.161 e. The molecule has 6 heteroatoms. The van der Waals surface area contributed by atoms with Gasteiger partial charge in [-0.25, -0.2) is 0 Å². The van der Waals surface area contributed by atoms with Crippen LogP contribution in [0, 0.1) is 22.7 Å². The molecule has 5 aromatic rings. The van der Waals surface area contributed by atoms with Gasteiger partial charge in [-0.15, -0.1) is 0 Å². The lowest BCUT2D eigenvalue weighted by Gasteiger charge is -2.20. The first-order chi connectivity index (χ1) is 38.6. The molecule has 0 heterocycles. The highest BCUT2D eigenvalue weighted by molar-refractivity contribution is 6.28. The summed E-state index contributed by atoms with van der Waals surface area (Å²) in [5.74, 6) is 3.17. The summed E-state index contributed by atoms with van der Waals surface area (Å²) in [7, 11) is 0. The lowest BCUT2D eigenvalue weighted by molar-refractivity contribution is 0.258. The average Bonchev–Trinajstić information content (AvgIpc) is 3.48. The minimum Gasteiger partial charge on any atom is -0.490 e. The van der Waals surface area contributed by atoms with E-state index in [0.717, 1.165) is 117 Å². The van der Waals surface area contributed by atoms with Gasteiger partial charge in [-0.2, -0.15) is 10.5 Å². The van der Waals surface area contributed by atoms with Gasteiger partial charge in [0.25, 0.3) is 0 Å². The van der Waals surface area contributed by atoms with E-state index in [1.807, 2.05) is 12.1 Å². The molecule has 0 amide bonds. The zero-order valence-electron chi connectivity index (χ0n) is 50.3. The first-order valence-corrected chi connectivity index (χ1v) is 32.9. The molecule has 0 saturated carbocycles. The first kappa shape index (κ1) is 64.1. The van der Waals surface area contributed by atoms with E-state index in [2.05, 4.69) is 76.2 Å². The van der Waals surface area contributed by atoms with Crippen molar-refractivity contribution in [3.63, 3.8) is 0 Å². The van der Waals surface area contributed by atoms with E-state index in [9.17, 15) is 10.5 Å². The van der Waals surface area contributed by atoms with Gasteiger partial charge in [0.05, 0.1) is 37.6 Å². The van der Waals surface area contributed by atoms with E-state index in [1.54, 1.807) is 0 Å². The van der Waals surface area contributed by atoms with Gasteiger partial charge in [-0.3, -0.25) is 0 Å². The Morgan fingerprint density at radius 2 is 0.423 bits per heavy atom. The second-order valence-corrected chi connectivity index (χ2v) is 23.2. The van der Waals surface area contributed by atoms with Crippen LogP contribution in [0.4, 0.5) is 0 Å². The fourth-order valence-electron chi connectivity index (χ4n) is 11.5. The molecule has 0 radical (unpaired) electrons. The minimum absolute atomic E-state index is 0.393. The second-order valence-electron chi connectivity index (χ2n) is 23.2. The average molecular weight is 1070 g/mol. The van der Waals surface area contributed by atoms with Crippen LogP contribution in [0.1, 0.15) is 296 Å². The van der Waals surface area contributed by atoms with Crippen molar-refractivity contribution in [1.82, 2.24) is 0 Å². The zero-order chi connectivity index (χ0) is 55.1. The van der Waals surface area contributed by atoms with Crippen molar-refractivity contribution in [3.8, 4) is 35.1 Å². The van der Waals surface area contributed by atoms with E-state index >= 15 is 0 Å². The summed E-state index contributed by atoms with van der Waals surface area (Å²) in [6.07, 6.45) is 51.1. The number of unbranched alkanes of at least 4 members (excludes halogenated alkanes) is 36. The summed E-state index contributed by atoms with van der Waals surface area (Å²) in [5.41, 5.74) is 0.786. The Morgan fingerprint density at radius 3 is 0.615 bits per heavy atom. The number of nitrogens with zero attached hydrogens (tertiary/aromatic N) is 2. The van der Waals surface area contributed by atoms with Crippen molar-refractivity contribution in [2.24, 2.45) is 0 Å². The third-order valence-corrected chi connectivity index (χ3v) is 16.4. The van der Waals surface area contributed by atoms with Crippen LogP contribution >= 0.6 is 0 Å². The lowest BCUT2D eigenvalue weighted by Crippen LogP contribution is -2.04. The molecule has 0 spiro atoms. The van der Waals surface area contributed by atoms with Crippen LogP contribution < -0.4 is 18.9 Å². The smallest absolute Gasteiger partial charge is 0.161 e. The van der Waals surface area contributed by atoms with Gasteiger partial charge in [0, 0.05) is 0 Å². The molecule has 0 fully saturated rings. The third kappa shape index (κ3) is 23.2.